The van der Waals surface area contributed by atoms with Crippen LogP contribution in [0, 0.1) is 18.3 Å². The molecule has 3 rings (SSSR count). The summed E-state index contributed by atoms with van der Waals surface area (Å²) in [6.07, 6.45) is 4.57. The Kier molecular flexibility index (Phi) is 5.69. The molecule has 2 aliphatic heterocycles. The number of nitriles is 1. The minimum Gasteiger partial charge on any atom is -0.390 e. The van der Waals surface area contributed by atoms with Crippen LogP contribution >= 0.6 is 11.6 Å². The predicted octanol–water partition coefficient (Wildman–Crippen LogP) is 2.91. The van der Waals surface area contributed by atoms with Crippen LogP contribution in [0.5, 0.6) is 0 Å². The number of hydrogen-bond donors (Lipinski definition) is 2. The molecule has 0 saturated carbocycles. The van der Waals surface area contributed by atoms with Crippen LogP contribution in [-0.2, 0) is 10.1 Å². The molecule has 2 heterocycles. The Morgan fingerprint density at radius 2 is 1.80 bits per heavy atom. The molecule has 6 nitrogen and oxygen atoms in total. The number of halogens is 1. The summed E-state index contributed by atoms with van der Waals surface area (Å²) in [5.41, 5.74) is 2.08. The number of benzene rings is 1. The fraction of sp³-hybridized carbons (Fsp3) is 0.588. The monoisotopic (exact) mass is 386 g/mol. The molecule has 25 heavy (non-hydrogen) atoms. The number of piperidine rings is 1. The van der Waals surface area contributed by atoms with E-state index in [4.69, 9.17) is 21.4 Å². The van der Waals surface area contributed by atoms with Gasteiger partial charge in [-0.05, 0) is 57.2 Å². The Balaban J connectivity index is 0.000000399. The largest absolute Gasteiger partial charge is 0.390 e. The average molecular weight is 387 g/mol. The Morgan fingerprint density at radius 3 is 2.24 bits per heavy atom. The molecule has 1 aromatic carbocycles. The van der Waals surface area contributed by atoms with E-state index in [1.807, 2.05) is 19.9 Å². The lowest BCUT2D eigenvalue weighted by Crippen LogP contribution is -2.50. The summed E-state index contributed by atoms with van der Waals surface area (Å²) in [6, 6.07) is 6.70. The van der Waals surface area contributed by atoms with Gasteiger partial charge in [0, 0.05) is 17.8 Å². The molecule has 0 aromatic heterocycles. The van der Waals surface area contributed by atoms with Gasteiger partial charge in [0.05, 0.1) is 22.4 Å². The fourth-order valence-corrected chi connectivity index (χ4v) is 4.10. The molecule has 3 atom stereocenters. The van der Waals surface area contributed by atoms with E-state index in [9.17, 15) is 13.5 Å². The van der Waals surface area contributed by atoms with Crippen molar-refractivity contribution < 1.29 is 18.1 Å². The van der Waals surface area contributed by atoms with Gasteiger partial charge in [0.2, 0.25) is 0 Å². The van der Waals surface area contributed by atoms with Crippen molar-refractivity contribution in [3.63, 3.8) is 0 Å². The van der Waals surface area contributed by atoms with Crippen LogP contribution in [0.2, 0.25) is 5.02 Å². The van der Waals surface area contributed by atoms with Crippen LogP contribution in [0.15, 0.2) is 12.1 Å². The first kappa shape index (κ1) is 20.0. The number of fused-ring (bicyclic) bond motifs is 2. The minimum absolute atomic E-state index is 0.381. The first-order valence-electron chi connectivity index (χ1n) is 8.05. The number of anilines is 1. The van der Waals surface area contributed by atoms with Gasteiger partial charge >= 0.3 is 0 Å². The standard InChI is InChI=1S/C16H19ClN2O.CH4O3S/c1-10-14(6-3-11(9-18)15(10)17)19-12-4-5-13(19)8-16(2,20)7-12;1-5(2,3)4/h3,6,12-13,20H,4-5,7-8H2,1-2H3;1H3,(H,2,3,4)/t12-,13+,16-;. The maximum Gasteiger partial charge on any atom is 0.261 e. The second kappa shape index (κ2) is 7.12. The molecule has 2 saturated heterocycles. The maximum atomic E-state index is 10.3. The fourth-order valence-electron chi connectivity index (χ4n) is 3.89. The van der Waals surface area contributed by atoms with Crippen molar-refractivity contribution in [3.05, 3.63) is 28.3 Å². The average Bonchev–Trinajstić information content (AvgIpc) is 2.73. The third kappa shape index (κ3) is 4.85. The molecule has 0 unspecified atom stereocenters. The van der Waals surface area contributed by atoms with E-state index < -0.39 is 15.7 Å². The third-order valence-electron chi connectivity index (χ3n) is 4.73. The Hall–Kier alpha value is -1.33. The van der Waals surface area contributed by atoms with Crippen LogP contribution in [0.3, 0.4) is 0 Å². The van der Waals surface area contributed by atoms with Crippen LogP contribution in [0.4, 0.5) is 5.69 Å². The Labute approximate surface area is 153 Å². The van der Waals surface area contributed by atoms with Gasteiger partial charge in [-0.25, -0.2) is 0 Å². The lowest BCUT2D eigenvalue weighted by Gasteiger charge is -2.44. The van der Waals surface area contributed by atoms with Crippen molar-refractivity contribution in [1.82, 2.24) is 0 Å². The zero-order valence-electron chi connectivity index (χ0n) is 14.5. The van der Waals surface area contributed by atoms with E-state index in [2.05, 4.69) is 11.0 Å². The topological polar surface area (TPSA) is 102 Å². The predicted molar refractivity (Wildman–Crippen MR) is 97.5 cm³/mol. The highest BCUT2D eigenvalue weighted by Gasteiger charge is 2.45. The third-order valence-corrected chi connectivity index (χ3v) is 5.21. The van der Waals surface area contributed by atoms with Crippen molar-refractivity contribution in [2.75, 3.05) is 11.2 Å². The van der Waals surface area contributed by atoms with E-state index in [1.54, 1.807) is 6.07 Å². The second-order valence-electron chi connectivity index (χ2n) is 7.11. The summed E-state index contributed by atoms with van der Waals surface area (Å²) >= 11 is 6.29. The van der Waals surface area contributed by atoms with E-state index >= 15 is 0 Å². The van der Waals surface area contributed by atoms with Gasteiger partial charge in [0.25, 0.3) is 10.1 Å². The first-order chi connectivity index (χ1) is 11.4. The summed E-state index contributed by atoms with van der Waals surface area (Å²) in [5.74, 6) is 0. The van der Waals surface area contributed by atoms with E-state index in [-0.39, 0.29) is 0 Å². The van der Waals surface area contributed by atoms with E-state index in [1.165, 1.54) is 0 Å². The highest BCUT2D eigenvalue weighted by Crippen LogP contribution is 2.45. The van der Waals surface area contributed by atoms with Crippen molar-refractivity contribution in [1.29, 1.82) is 5.26 Å². The van der Waals surface area contributed by atoms with Gasteiger partial charge in [-0.3, -0.25) is 4.55 Å². The highest BCUT2D eigenvalue weighted by molar-refractivity contribution is 7.85. The Morgan fingerprint density at radius 1 is 1.32 bits per heavy atom. The second-order valence-corrected chi connectivity index (χ2v) is 8.96. The van der Waals surface area contributed by atoms with Crippen LogP contribution in [-0.4, -0.2) is 42.0 Å². The maximum absolute atomic E-state index is 10.3. The molecule has 1 aromatic rings. The van der Waals surface area contributed by atoms with E-state index in [0.717, 1.165) is 36.9 Å². The number of nitrogens with zero attached hydrogens (tertiary/aromatic N) is 2. The van der Waals surface area contributed by atoms with Gasteiger partial charge in [0.15, 0.2) is 0 Å². The normalized spacial score (nSPS) is 28.1. The van der Waals surface area contributed by atoms with Crippen LogP contribution in [0.25, 0.3) is 0 Å². The van der Waals surface area contributed by atoms with Gasteiger partial charge in [0.1, 0.15) is 6.07 Å². The molecular formula is C17H23ClN2O4S. The zero-order valence-corrected chi connectivity index (χ0v) is 16.1. The summed E-state index contributed by atoms with van der Waals surface area (Å²) in [7, 11) is -3.67. The van der Waals surface area contributed by atoms with Crippen molar-refractivity contribution in [2.24, 2.45) is 0 Å². The van der Waals surface area contributed by atoms with E-state index in [0.29, 0.717) is 28.9 Å². The molecule has 2 N–H and O–H groups in total. The molecule has 0 spiro atoms. The quantitative estimate of drug-likeness (QED) is 0.719. The zero-order chi connectivity index (χ0) is 19.0. The molecule has 0 amide bonds. The van der Waals surface area contributed by atoms with Crippen molar-refractivity contribution in [3.8, 4) is 6.07 Å². The van der Waals surface area contributed by atoms with Gasteiger partial charge in [-0.1, -0.05) is 11.6 Å². The molecule has 8 heteroatoms. The molecule has 0 radical (unpaired) electrons. The number of rotatable bonds is 1. The lowest BCUT2D eigenvalue weighted by atomic mass is 9.87. The van der Waals surface area contributed by atoms with Crippen LogP contribution < -0.4 is 4.90 Å². The van der Waals surface area contributed by atoms with Gasteiger partial charge < -0.3 is 10.0 Å². The van der Waals surface area contributed by atoms with Gasteiger partial charge in [-0.2, -0.15) is 13.7 Å². The molecular weight excluding hydrogens is 364 g/mol. The SMILES string of the molecule is CS(=O)(=O)O.Cc1c(N2[C@@H]3CC[C@H]2C[C@](C)(O)C3)ccc(C#N)c1Cl. The minimum atomic E-state index is -3.67. The molecule has 138 valence electrons. The first-order valence-corrected chi connectivity index (χ1v) is 10.3. The molecule has 0 aliphatic carbocycles. The summed E-state index contributed by atoms with van der Waals surface area (Å²) in [4.78, 5) is 2.42. The summed E-state index contributed by atoms with van der Waals surface area (Å²) in [5, 5.41) is 19.9. The molecule has 2 bridgehead atoms. The van der Waals surface area contributed by atoms with Gasteiger partial charge in [-0.15, -0.1) is 0 Å². The van der Waals surface area contributed by atoms with Crippen molar-refractivity contribution in [2.45, 2.75) is 57.2 Å². The van der Waals surface area contributed by atoms with Crippen molar-refractivity contribution >= 4 is 27.4 Å². The lowest BCUT2D eigenvalue weighted by molar-refractivity contribution is 0.0199. The number of hydrogen-bond acceptors (Lipinski definition) is 5. The molecule has 2 aliphatic rings. The Bertz CT molecular complexity index is 778. The van der Waals surface area contributed by atoms with Crippen LogP contribution in [0.1, 0.15) is 43.7 Å². The number of aliphatic hydroxyl groups is 1. The molecule has 2 fully saturated rings. The smallest absolute Gasteiger partial charge is 0.261 e. The summed E-state index contributed by atoms with van der Waals surface area (Å²) in [6.45, 7) is 3.92. The highest BCUT2D eigenvalue weighted by atomic mass is 35.5. The summed E-state index contributed by atoms with van der Waals surface area (Å²) < 4.78 is 25.9.